The van der Waals surface area contributed by atoms with E-state index < -0.39 is 16.6 Å². The fourth-order valence-electron chi connectivity index (χ4n) is 3.18. The first kappa shape index (κ1) is 28.0. The van der Waals surface area contributed by atoms with Crippen LogP contribution >= 0.6 is 0 Å². The van der Waals surface area contributed by atoms with Crippen LogP contribution in [-0.2, 0) is 9.16 Å². The van der Waals surface area contributed by atoms with Gasteiger partial charge in [0.1, 0.15) is 11.5 Å². The van der Waals surface area contributed by atoms with Gasteiger partial charge in [-0.1, -0.05) is 73.4 Å². The predicted molar refractivity (Wildman–Crippen MR) is 141 cm³/mol. The van der Waals surface area contributed by atoms with E-state index in [0.29, 0.717) is 6.61 Å². The van der Waals surface area contributed by atoms with Crippen molar-refractivity contribution in [3.8, 4) is 5.75 Å². The Kier molecular flexibility index (Phi) is 9.67. The fraction of sp³-hybridized carbons (Fsp3) is 0.692. The van der Waals surface area contributed by atoms with Gasteiger partial charge in [-0.2, -0.15) is 0 Å². The standard InChI is InChI=1S/C26H48O3Si2/c1-13-14-18-30(9,10)29-22-17-15-16-21(19-22)24(27-8)23(25(2,3)4)20-28-31(11,12)26(5,6)7/h15-17,19H,13-14,18,20H2,1-12H3. The van der Waals surface area contributed by atoms with Crippen molar-refractivity contribution >= 4 is 22.4 Å². The molecule has 3 nitrogen and oxygen atoms in total. The Hall–Kier alpha value is -1.05. The highest BCUT2D eigenvalue weighted by atomic mass is 28.4. The number of hydrogen-bond donors (Lipinski definition) is 0. The molecule has 0 saturated carbocycles. The number of hydrogen-bond acceptors (Lipinski definition) is 3. The molecule has 0 aliphatic rings. The summed E-state index contributed by atoms with van der Waals surface area (Å²) in [5.41, 5.74) is 2.18. The van der Waals surface area contributed by atoms with Crippen molar-refractivity contribution in [2.75, 3.05) is 13.7 Å². The monoisotopic (exact) mass is 464 g/mol. The third-order valence-electron chi connectivity index (χ3n) is 6.39. The van der Waals surface area contributed by atoms with Crippen molar-refractivity contribution in [1.82, 2.24) is 0 Å². The zero-order valence-electron chi connectivity index (χ0n) is 22.4. The second kappa shape index (κ2) is 10.7. The Bertz CT molecular complexity index is 738. The van der Waals surface area contributed by atoms with Gasteiger partial charge < -0.3 is 13.6 Å². The zero-order chi connectivity index (χ0) is 24.1. The molecule has 1 aromatic rings. The van der Waals surface area contributed by atoms with Gasteiger partial charge in [0.2, 0.25) is 8.32 Å². The van der Waals surface area contributed by atoms with Crippen LogP contribution < -0.4 is 4.43 Å². The van der Waals surface area contributed by atoms with Crippen molar-refractivity contribution in [1.29, 1.82) is 0 Å². The Morgan fingerprint density at radius 2 is 1.58 bits per heavy atom. The van der Waals surface area contributed by atoms with Crippen molar-refractivity contribution in [2.45, 2.75) is 98.6 Å². The summed E-state index contributed by atoms with van der Waals surface area (Å²) in [6, 6.07) is 9.57. The Morgan fingerprint density at radius 3 is 2.06 bits per heavy atom. The van der Waals surface area contributed by atoms with Crippen LogP contribution in [0.4, 0.5) is 0 Å². The molecule has 0 aliphatic carbocycles. The number of unbranched alkanes of at least 4 members (excludes halogenated alkanes) is 1. The van der Waals surface area contributed by atoms with Crippen LogP contribution in [0.5, 0.6) is 5.75 Å². The molecule has 0 unspecified atom stereocenters. The summed E-state index contributed by atoms with van der Waals surface area (Å²) in [6.07, 6.45) is 2.43. The van der Waals surface area contributed by atoms with Gasteiger partial charge >= 0.3 is 0 Å². The minimum absolute atomic E-state index is 0.0697. The van der Waals surface area contributed by atoms with Crippen molar-refractivity contribution in [2.24, 2.45) is 5.41 Å². The summed E-state index contributed by atoms with van der Waals surface area (Å²) in [6.45, 7) is 25.6. The zero-order valence-corrected chi connectivity index (χ0v) is 24.4. The maximum Gasteiger partial charge on any atom is 0.245 e. The van der Waals surface area contributed by atoms with Crippen LogP contribution in [0.2, 0.25) is 37.3 Å². The molecule has 178 valence electrons. The van der Waals surface area contributed by atoms with Gasteiger partial charge in [0.25, 0.3) is 0 Å². The van der Waals surface area contributed by atoms with Crippen LogP contribution in [-0.4, -0.2) is 30.4 Å². The molecule has 1 aromatic carbocycles. The van der Waals surface area contributed by atoms with Crippen molar-refractivity contribution < 1.29 is 13.6 Å². The largest absolute Gasteiger partial charge is 0.544 e. The highest BCUT2D eigenvalue weighted by Gasteiger charge is 2.38. The van der Waals surface area contributed by atoms with Gasteiger partial charge in [0.05, 0.1) is 13.7 Å². The van der Waals surface area contributed by atoms with E-state index >= 15 is 0 Å². The van der Waals surface area contributed by atoms with E-state index in [0.717, 1.165) is 17.1 Å². The molecule has 0 fully saturated rings. The van der Waals surface area contributed by atoms with Gasteiger partial charge in [-0.3, -0.25) is 0 Å². The quantitative estimate of drug-likeness (QED) is 0.256. The molecule has 0 saturated heterocycles. The van der Waals surface area contributed by atoms with Crippen LogP contribution in [0.1, 0.15) is 66.9 Å². The third-order valence-corrected chi connectivity index (χ3v) is 13.2. The molecule has 1 rings (SSSR count). The average molecular weight is 465 g/mol. The Balaban J connectivity index is 3.32. The lowest BCUT2D eigenvalue weighted by Gasteiger charge is -2.38. The summed E-state index contributed by atoms with van der Waals surface area (Å²) in [7, 11) is -1.84. The molecule has 0 aliphatic heterocycles. The topological polar surface area (TPSA) is 27.7 Å². The van der Waals surface area contributed by atoms with Gasteiger partial charge in [-0.05, 0) is 54.8 Å². The van der Waals surface area contributed by atoms with Crippen molar-refractivity contribution in [3.63, 3.8) is 0 Å². The lowest BCUT2D eigenvalue weighted by Crippen LogP contribution is -2.42. The third kappa shape index (κ3) is 8.43. The maximum atomic E-state index is 6.62. The molecule has 0 radical (unpaired) electrons. The number of rotatable bonds is 10. The normalized spacial score (nSPS) is 14.3. The van der Waals surface area contributed by atoms with E-state index in [-0.39, 0.29) is 10.5 Å². The van der Waals surface area contributed by atoms with Crippen LogP contribution in [0.25, 0.3) is 5.76 Å². The first-order valence-electron chi connectivity index (χ1n) is 11.7. The SMILES string of the molecule is CCCC[Si](C)(C)Oc1cccc(C(OC)=C(CO[Si](C)(C)C(C)(C)C)C(C)(C)C)c1. The first-order chi connectivity index (χ1) is 14.0. The first-order valence-corrected chi connectivity index (χ1v) is 17.8. The maximum absolute atomic E-state index is 6.62. The molecule has 0 spiro atoms. The molecule has 5 heteroatoms. The molecular weight excluding hydrogens is 416 g/mol. The highest BCUT2D eigenvalue weighted by molar-refractivity contribution is 6.74. The van der Waals surface area contributed by atoms with Gasteiger partial charge in [-0.15, -0.1) is 0 Å². The summed E-state index contributed by atoms with van der Waals surface area (Å²) in [5, 5.41) is 0.172. The summed E-state index contributed by atoms with van der Waals surface area (Å²) >= 11 is 0. The summed E-state index contributed by atoms with van der Waals surface area (Å²) < 4.78 is 19.1. The molecule has 0 atom stereocenters. The molecule has 31 heavy (non-hydrogen) atoms. The van der Waals surface area contributed by atoms with Crippen LogP contribution in [0.15, 0.2) is 29.8 Å². The highest BCUT2D eigenvalue weighted by Crippen LogP contribution is 2.40. The second-order valence-electron chi connectivity index (χ2n) is 11.8. The fourth-order valence-corrected chi connectivity index (χ4v) is 6.19. The van der Waals surface area contributed by atoms with E-state index in [1.807, 2.05) is 0 Å². The number of methoxy groups -OCH3 is 1. The second-order valence-corrected chi connectivity index (χ2v) is 20.8. The van der Waals surface area contributed by atoms with E-state index in [2.05, 4.69) is 98.9 Å². The van der Waals surface area contributed by atoms with Crippen molar-refractivity contribution in [3.05, 3.63) is 35.4 Å². The van der Waals surface area contributed by atoms with E-state index in [9.17, 15) is 0 Å². The van der Waals surface area contributed by atoms with Gasteiger partial charge in [0.15, 0.2) is 8.32 Å². The summed E-state index contributed by atoms with van der Waals surface area (Å²) in [5.74, 6) is 1.85. The van der Waals surface area contributed by atoms with Crippen LogP contribution in [0.3, 0.4) is 0 Å². The smallest absolute Gasteiger partial charge is 0.245 e. The molecule has 0 bridgehead atoms. The van der Waals surface area contributed by atoms with Gasteiger partial charge in [0, 0.05) is 11.1 Å². The molecule has 0 aromatic heterocycles. The minimum atomic E-state index is -1.87. The Labute approximate surface area is 194 Å². The minimum Gasteiger partial charge on any atom is -0.544 e. The summed E-state index contributed by atoms with van der Waals surface area (Å²) in [4.78, 5) is 0. The van der Waals surface area contributed by atoms with Gasteiger partial charge in [-0.25, -0.2) is 0 Å². The van der Waals surface area contributed by atoms with E-state index in [1.54, 1.807) is 7.11 Å². The predicted octanol–water partition coefficient (Wildman–Crippen LogP) is 8.50. The molecular formula is C26H48O3Si2. The number of ether oxygens (including phenoxy) is 1. The molecule has 0 heterocycles. The lowest BCUT2D eigenvalue weighted by molar-refractivity contribution is 0.276. The van der Waals surface area contributed by atoms with E-state index in [1.165, 1.54) is 24.5 Å². The molecule has 0 amide bonds. The van der Waals surface area contributed by atoms with Crippen LogP contribution in [0, 0.1) is 5.41 Å². The molecule has 0 N–H and O–H groups in total. The van der Waals surface area contributed by atoms with E-state index in [4.69, 9.17) is 13.6 Å². The number of benzene rings is 1. The average Bonchev–Trinajstić information content (AvgIpc) is 2.61. The lowest BCUT2D eigenvalue weighted by atomic mass is 9.84. The Morgan fingerprint density at radius 1 is 0.968 bits per heavy atom.